The number of carbonyl (C=O) groups excluding carboxylic acids is 1. The van der Waals surface area contributed by atoms with Crippen molar-refractivity contribution in [3.05, 3.63) is 52.7 Å². The molecule has 1 aromatic carbocycles. The van der Waals surface area contributed by atoms with Crippen molar-refractivity contribution in [2.75, 3.05) is 5.32 Å². The van der Waals surface area contributed by atoms with E-state index in [1.807, 2.05) is 43.3 Å². The van der Waals surface area contributed by atoms with Crippen LogP contribution >= 0.6 is 11.6 Å². The molecule has 0 fully saturated rings. The molecular weight excluding hydrogens is 300 g/mol. The maximum Gasteiger partial charge on any atom is 0.225 e. The lowest BCUT2D eigenvalue weighted by molar-refractivity contribution is -0.116. The van der Waals surface area contributed by atoms with E-state index in [4.69, 9.17) is 11.6 Å². The number of carbonyl (C=O) groups is 1. The van der Waals surface area contributed by atoms with Gasteiger partial charge >= 0.3 is 0 Å². The Balaban J connectivity index is 1.64. The van der Waals surface area contributed by atoms with E-state index in [9.17, 15) is 4.79 Å². The molecule has 0 saturated heterocycles. The summed E-state index contributed by atoms with van der Waals surface area (Å²) in [5.41, 5.74) is 2.65. The van der Waals surface area contributed by atoms with Crippen molar-refractivity contribution in [2.45, 2.75) is 19.8 Å². The summed E-state index contributed by atoms with van der Waals surface area (Å²) in [6.07, 6.45) is 1.04. The Morgan fingerprint density at radius 2 is 2.00 bits per heavy atom. The topological polar surface area (TPSA) is 70.7 Å². The number of benzene rings is 1. The van der Waals surface area contributed by atoms with Crippen molar-refractivity contribution in [1.82, 2.24) is 15.2 Å². The summed E-state index contributed by atoms with van der Waals surface area (Å²) in [4.78, 5) is 16.4. The number of pyridine rings is 1. The van der Waals surface area contributed by atoms with Gasteiger partial charge in [-0.25, -0.2) is 4.98 Å². The molecule has 0 bridgehead atoms. The van der Waals surface area contributed by atoms with Crippen molar-refractivity contribution in [3.8, 4) is 0 Å². The standard InChI is InChI=1S/C16H15ClN4O/c1-10-2-8-13-15(18-10)20-21-16(13)19-14(22)9-5-11-3-6-12(17)7-4-11/h2-4,6-8H,5,9H2,1H3,(H2,18,19,20,21,22). The molecule has 0 spiro atoms. The smallest absolute Gasteiger partial charge is 0.225 e. The third-order valence-electron chi connectivity index (χ3n) is 3.38. The van der Waals surface area contributed by atoms with Crippen LogP contribution in [0.1, 0.15) is 17.7 Å². The fourth-order valence-electron chi connectivity index (χ4n) is 2.20. The lowest BCUT2D eigenvalue weighted by Crippen LogP contribution is -2.12. The molecule has 0 aliphatic carbocycles. The third-order valence-corrected chi connectivity index (χ3v) is 3.63. The molecule has 0 aliphatic heterocycles. The molecular formula is C16H15ClN4O. The first-order valence-electron chi connectivity index (χ1n) is 6.98. The number of H-pyrrole nitrogens is 1. The van der Waals surface area contributed by atoms with Crippen molar-refractivity contribution in [2.24, 2.45) is 0 Å². The minimum atomic E-state index is -0.0797. The minimum absolute atomic E-state index is 0.0797. The van der Waals surface area contributed by atoms with Gasteiger partial charge in [0.15, 0.2) is 11.5 Å². The zero-order valence-electron chi connectivity index (χ0n) is 12.1. The van der Waals surface area contributed by atoms with Crippen molar-refractivity contribution in [3.63, 3.8) is 0 Å². The Morgan fingerprint density at radius 3 is 2.77 bits per heavy atom. The lowest BCUT2D eigenvalue weighted by Gasteiger charge is -2.03. The number of aromatic amines is 1. The maximum atomic E-state index is 12.0. The van der Waals surface area contributed by atoms with E-state index in [-0.39, 0.29) is 5.91 Å². The molecule has 0 saturated carbocycles. The highest BCUT2D eigenvalue weighted by atomic mass is 35.5. The van der Waals surface area contributed by atoms with Crippen LogP contribution < -0.4 is 5.32 Å². The van der Waals surface area contributed by atoms with Crippen LogP contribution in [0.25, 0.3) is 11.0 Å². The van der Waals surface area contributed by atoms with Gasteiger partial charge in [-0.05, 0) is 43.2 Å². The van der Waals surface area contributed by atoms with Gasteiger partial charge in [-0.3, -0.25) is 9.89 Å². The molecule has 5 nitrogen and oxygen atoms in total. The van der Waals surface area contributed by atoms with Crippen LogP contribution in [0.4, 0.5) is 5.82 Å². The zero-order chi connectivity index (χ0) is 15.5. The number of aryl methyl sites for hydroxylation is 2. The number of nitrogens with one attached hydrogen (secondary N) is 2. The Labute approximate surface area is 132 Å². The van der Waals surface area contributed by atoms with Crippen molar-refractivity contribution in [1.29, 1.82) is 0 Å². The number of anilines is 1. The average molecular weight is 315 g/mol. The molecule has 2 N–H and O–H groups in total. The highest BCUT2D eigenvalue weighted by Crippen LogP contribution is 2.19. The van der Waals surface area contributed by atoms with Crippen molar-refractivity contribution >= 4 is 34.4 Å². The number of hydrogen-bond acceptors (Lipinski definition) is 3. The molecule has 3 aromatic rings. The van der Waals surface area contributed by atoms with Gasteiger partial charge in [0.1, 0.15) is 0 Å². The largest absolute Gasteiger partial charge is 0.309 e. The number of nitrogens with zero attached hydrogens (tertiary/aromatic N) is 2. The van der Waals surface area contributed by atoms with Gasteiger partial charge in [-0.1, -0.05) is 23.7 Å². The van der Waals surface area contributed by atoms with Crippen molar-refractivity contribution < 1.29 is 4.79 Å². The van der Waals surface area contributed by atoms with E-state index in [0.717, 1.165) is 16.6 Å². The second-order valence-electron chi connectivity index (χ2n) is 5.10. The predicted molar refractivity (Wildman–Crippen MR) is 87.0 cm³/mol. The van der Waals surface area contributed by atoms with Crippen LogP contribution in [-0.4, -0.2) is 21.1 Å². The molecule has 1 amide bonds. The number of hydrogen-bond donors (Lipinski definition) is 2. The molecule has 0 atom stereocenters. The summed E-state index contributed by atoms with van der Waals surface area (Å²) in [5, 5.41) is 11.3. The second kappa shape index (κ2) is 6.15. The first-order chi connectivity index (χ1) is 10.6. The molecule has 2 heterocycles. The highest BCUT2D eigenvalue weighted by Gasteiger charge is 2.10. The lowest BCUT2D eigenvalue weighted by atomic mass is 10.1. The van der Waals surface area contributed by atoms with Gasteiger partial charge in [-0.15, -0.1) is 0 Å². The molecule has 22 heavy (non-hydrogen) atoms. The maximum absolute atomic E-state index is 12.0. The van der Waals surface area contributed by atoms with Gasteiger partial charge in [0, 0.05) is 17.1 Å². The summed E-state index contributed by atoms with van der Waals surface area (Å²) in [7, 11) is 0. The Bertz CT molecular complexity index is 811. The van der Waals surface area contributed by atoms with Gasteiger partial charge in [0.05, 0.1) is 5.39 Å². The van der Waals surface area contributed by atoms with E-state index < -0.39 is 0 Å². The number of fused-ring (bicyclic) bond motifs is 1. The van der Waals surface area contributed by atoms with E-state index in [1.54, 1.807) is 0 Å². The average Bonchev–Trinajstić information content (AvgIpc) is 2.89. The second-order valence-corrected chi connectivity index (χ2v) is 5.53. The van der Waals surface area contributed by atoms with Gasteiger partial charge in [0.25, 0.3) is 0 Å². The molecule has 0 unspecified atom stereocenters. The van der Waals surface area contributed by atoms with Crippen LogP contribution in [0.5, 0.6) is 0 Å². The van der Waals surface area contributed by atoms with Crippen LogP contribution in [-0.2, 0) is 11.2 Å². The van der Waals surface area contributed by atoms with E-state index in [1.165, 1.54) is 0 Å². The first kappa shape index (κ1) is 14.5. The summed E-state index contributed by atoms with van der Waals surface area (Å²) >= 11 is 5.84. The summed E-state index contributed by atoms with van der Waals surface area (Å²) in [5.74, 6) is 0.438. The normalized spacial score (nSPS) is 10.8. The predicted octanol–water partition coefficient (Wildman–Crippen LogP) is 3.49. The summed E-state index contributed by atoms with van der Waals surface area (Å²) in [6, 6.07) is 11.3. The molecule has 6 heteroatoms. The molecule has 2 aromatic heterocycles. The van der Waals surface area contributed by atoms with Crippen LogP contribution in [0.3, 0.4) is 0 Å². The van der Waals surface area contributed by atoms with Crippen LogP contribution in [0, 0.1) is 6.92 Å². The fraction of sp³-hybridized carbons (Fsp3) is 0.188. The summed E-state index contributed by atoms with van der Waals surface area (Å²) < 4.78 is 0. The van der Waals surface area contributed by atoms with Crippen LogP contribution in [0.15, 0.2) is 36.4 Å². The zero-order valence-corrected chi connectivity index (χ0v) is 12.8. The number of aromatic nitrogens is 3. The van der Waals surface area contributed by atoms with Crippen LogP contribution in [0.2, 0.25) is 5.02 Å². The summed E-state index contributed by atoms with van der Waals surface area (Å²) in [6.45, 7) is 1.91. The fourth-order valence-corrected chi connectivity index (χ4v) is 2.33. The SMILES string of the molecule is Cc1ccc2c(NC(=O)CCc3ccc(Cl)cc3)n[nH]c2n1. The Hall–Kier alpha value is -2.40. The third kappa shape index (κ3) is 3.26. The van der Waals surface area contributed by atoms with Gasteiger partial charge < -0.3 is 5.32 Å². The number of rotatable bonds is 4. The highest BCUT2D eigenvalue weighted by molar-refractivity contribution is 6.30. The van der Waals surface area contributed by atoms with Gasteiger partial charge in [-0.2, -0.15) is 5.10 Å². The molecule has 112 valence electrons. The van der Waals surface area contributed by atoms with E-state index in [2.05, 4.69) is 20.5 Å². The van der Waals surface area contributed by atoms with E-state index >= 15 is 0 Å². The number of amides is 1. The Morgan fingerprint density at radius 1 is 1.23 bits per heavy atom. The number of halogens is 1. The molecule has 0 radical (unpaired) electrons. The van der Waals surface area contributed by atoms with E-state index in [0.29, 0.717) is 29.3 Å². The minimum Gasteiger partial charge on any atom is -0.309 e. The molecule has 3 rings (SSSR count). The van der Waals surface area contributed by atoms with Gasteiger partial charge in [0.2, 0.25) is 5.91 Å². The monoisotopic (exact) mass is 314 g/mol. The first-order valence-corrected chi connectivity index (χ1v) is 7.35. The molecule has 0 aliphatic rings. The Kier molecular flexibility index (Phi) is 4.06. The quantitative estimate of drug-likeness (QED) is 0.774.